The van der Waals surface area contributed by atoms with E-state index in [1.165, 1.54) is 0 Å². The molecule has 0 unspecified atom stereocenters. The lowest BCUT2D eigenvalue weighted by molar-refractivity contribution is -0.138. The molecule has 4 N–H and O–H groups in total. The van der Waals surface area contributed by atoms with Crippen molar-refractivity contribution >= 4 is 25.0 Å². The third-order valence-corrected chi connectivity index (χ3v) is 5.26. The second-order valence-corrected chi connectivity index (χ2v) is 9.30. The zero-order valence-electron chi connectivity index (χ0n) is 20.2. The highest BCUT2D eigenvalue weighted by atomic mass is 16.6. The molecule has 1 aliphatic heterocycles. The lowest BCUT2D eigenvalue weighted by atomic mass is 9.76. The van der Waals surface area contributed by atoms with Gasteiger partial charge in [-0.2, -0.15) is 0 Å². The minimum atomic E-state index is -1.79. The van der Waals surface area contributed by atoms with E-state index in [4.69, 9.17) is 9.47 Å². The Kier molecular flexibility index (Phi) is 10.8. The average molecular weight is 477 g/mol. The Morgan fingerprint density at radius 2 is 1.76 bits per heavy atom. The van der Waals surface area contributed by atoms with E-state index in [-0.39, 0.29) is 12.3 Å². The summed E-state index contributed by atoms with van der Waals surface area (Å²) in [4.78, 5) is 39.6. The van der Waals surface area contributed by atoms with Gasteiger partial charge in [-0.05, 0) is 45.6 Å². The fraction of sp³-hybridized carbons (Fsp3) is 0.609. The maximum atomic E-state index is 13.0. The van der Waals surface area contributed by atoms with Crippen LogP contribution >= 0.6 is 0 Å². The van der Waals surface area contributed by atoms with Gasteiger partial charge < -0.3 is 35.1 Å². The van der Waals surface area contributed by atoms with Gasteiger partial charge in [0.1, 0.15) is 11.6 Å². The van der Waals surface area contributed by atoms with Crippen LogP contribution in [-0.4, -0.2) is 83.9 Å². The van der Waals surface area contributed by atoms with Crippen molar-refractivity contribution in [2.24, 2.45) is 0 Å². The number of nitrogens with zero attached hydrogens (tertiary/aromatic N) is 1. The Morgan fingerprint density at radius 3 is 2.35 bits per heavy atom. The van der Waals surface area contributed by atoms with Crippen LogP contribution in [0.4, 0.5) is 4.79 Å². The van der Waals surface area contributed by atoms with Crippen LogP contribution in [0.2, 0.25) is 0 Å². The number of ether oxygens (including phenoxy) is 2. The Morgan fingerprint density at radius 1 is 1.12 bits per heavy atom. The highest BCUT2D eigenvalue weighted by molar-refractivity contribution is 6.43. The topological polar surface area (TPSA) is 137 Å². The summed E-state index contributed by atoms with van der Waals surface area (Å²) in [5.74, 6) is -1.97. The average Bonchev–Trinajstić information content (AvgIpc) is 2.77. The number of alkyl carbamates (subject to hydrolysis) is 1. The maximum Gasteiger partial charge on any atom is 0.475 e. The van der Waals surface area contributed by atoms with Crippen molar-refractivity contribution in [3.63, 3.8) is 0 Å². The highest BCUT2D eigenvalue weighted by Gasteiger charge is 2.32. The molecule has 0 aliphatic carbocycles. The summed E-state index contributed by atoms with van der Waals surface area (Å²) >= 11 is 0. The van der Waals surface area contributed by atoms with Crippen molar-refractivity contribution in [2.45, 2.75) is 64.0 Å². The highest BCUT2D eigenvalue weighted by Crippen LogP contribution is 2.11. The zero-order valence-corrected chi connectivity index (χ0v) is 20.2. The van der Waals surface area contributed by atoms with Gasteiger partial charge in [-0.1, -0.05) is 30.3 Å². The third-order valence-electron chi connectivity index (χ3n) is 5.26. The first-order valence-corrected chi connectivity index (χ1v) is 11.6. The Hall–Kier alpha value is -2.63. The predicted octanol–water partition coefficient (Wildman–Crippen LogP) is 0.648. The van der Waals surface area contributed by atoms with Gasteiger partial charge in [0.2, 0.25) is 11.8 Å². The van der Waals surface area contributed by atoms with Crippen LogP contribution < -0.4 is 10.6 Å². The molecule has 2 atom stereocenters. The Bertz CT molecular complexity index is 796. The van der Waals surface area contributed by atoms with E-state index in [9.17, 15) is 24.4 Å². The van der Waals surface area contributed by atoms with Crippen LogP contribution in [0.25, 0.3) is 0 Å². The van der Waals surface area contributed by atoms with Crippen molar-refractivity contribution < 1.29 is 33.9 Å². The van der Waals surface area contributed by atoms with Crippen LogP contribution in [0.15, 0.2) is 30.3 Å². The Balaban J connectivity index is 2.02. The molecule has 10 nitrogen and oxygen atoms in total. The second kappa shape index (κ2) is 13.3. The van der Waals surface area contributed by atoms with E-state index < -0.39 is 36.7 Å². The molecule has 1 heterocycles. The smallest absolute Gasteiger partial charge is 0.444 e. The van der Waals surface area contributed by atoms with Crippen LogP contribution in [0.1, 0.15) is 45.6 Å². The van der Waals surface area contributed by atoms with Crippen LogP contribution in [0.3, 0.4) is 0 Å². The molecule has 2 rings (SSSR count). The minimum Gasteiger partial charge on any atom is -0.444 e. The lowest BCUT2D eigenvalue weighted by Gasteiger charge is -2.29. The van der Waals surface area contributed by atoms with Crippen molar-refractivity contribution in [1.29, 1.82) is 0 Å². The van der Waals surface area contributed by atoms with Gasteiger partial charge in [0, 0.05) is 13.1 Å². The van der Waals surface area contributed by atoms with Gasteiger partial charge in [0.05, 0.1) is 25.6 Å². The van der Waals surface area contributed by atoms with E-state index in [0.717, 1.165) is 5.56 Å². The molecule has 3 amide bonds. The molecule has 0 saturated carbocycles. The number of carbonyl (C=O) groups excluding carboxylic acids is 3. The standard InChI is InChI=1S/C23H36BN3O7/c1-23(2,3)34-22(30)25-18(16-20(28)27-12-14-33-15-13-27)21(29)26-19(24(31)32)11-7-10-17-8-5-4-6-9-17/h4-6,8-9,18-19,31-32H,7,10-16H2,1-3H3,(H,25,30)(H,26,29)/t18-,19+/m1/s1. The Labute approximate surface area is 201 Å². The SMILES string of the molecule is CC(C)(C)OC(=O)N[C@H](CC(=O)N1CCOCC1)C(=O)N[C@@H](CCCc1ccccc1)B(O)O. The summed E-state index contributed by atoms with van der Waals surface area (Å²) in [5, 5.41) is 24.6. The van der Waals surface area contributed by atoms with Gasteiger partial charge in [0.25, 0.3) is 0 Å². The molecular weight excluding hydrogens is 441 g/mol. The second-order valence-electron chi connectivity index (χ2n) is 9.30. The normalized spacial score (nSPS) is 15.7. The number of aryl methyl sites for hydroxylation is 1. The molecule has 1 fully saturated rings. The number of rotatable bonds is 10. The fourth-order valence-corrected chi connectivity index (χ4v) is 3.53. The first-order chi connectivity index (χ1) is 16.0. The first kappa shape index (κ1) is 27.6. The van der Waals surface area contributed by atoms with Gasteiger partial charge >= 0.3 is 13.2 Å². The molecule has 0 aromatic heterocycles. The predicted molar refractivity (Wildman–Crippen MR) is 127 cm³/mol. The molecule has 0 bridgehead atoms. The molecule has 1 aromatic rings. The number of benzene rings is 1. The monoisotopic (exact) mass is 477 g/mol. The van der Waals surface area contributed by atoms with E-state index in [1.807, 2.05) is 30.3 Å². The quantitative estimate of drug-likeness (QED) is 0.363. The zero-order chi connectivity index (χ0) is 25.1. The molecular formula is C23H36BN3O7. The van der Waals surface area contributed by atoms with E-state index in [1.54, 1.807) is 25.7 Å². The van der Waals surface area contributed by atoms with Gasteiger partial charge in [-0.25, -0.2) is 4.79 Å². The van der Waals surface area contributed by atoms with Crippen molar-refractivity contribution in [3.8, 4) is 0 Å². The number of morpholine rings is 1. The third kappa shape index (κ3) is 10.1. The van der Waals surface area contributed by atoms with Crippen molar-refractivity contribution in [2.75, 3.05) is 26.3 Å². The number of amides is 3. The van der Waals surface area contributed by atoms with Crippen LogP contribution in [0, 0.1) is 0 Å². The summed E-state index contributed by atoms with van der Waals surface area (Å²) < 4.78 is 10.5. The van der Waals surface area contributed by atoms with Crippen molar-refractivity contribution in [1.82, 2.24) is 15.5 Å². The summed E-state index contributed by atoms with van der Waals surface area (Å²) in [6, 6.07) is 8.48. The van der Waals surface area contributed by atoms with Gasteiger partial charge in [0.15, 0.2) is 0 Å². The largest absolute Gasteiger partial charge is 0.475 e. The molecule has 0 radical (unpaired) electrons. The number of hydrogen-bond donors (Lipinski definition) is 4. The number of hydrogen-bond acceptors (Lipinski definition) is 7. The summed E-state index contributed by atoms with van der Waals surface area (Å²) in [5.41, 5.74) is 0.307. The molecule has 1 aromatic carbocycles. The fourth-order valence-electron chi connectivity index (χ4n) is 3.53. The lowest BCUT2D eigenvalue weighted by Crippen LogP contribution is -2.56. The number of nitrogens with one attached hydrogen (secondary N) is 2. The first-order valence-electron chi connectivity index (χ1n) is 11.6. The van der Waals surface area contributed by atoms with Crippen molar-refractivity contribution in [3.05, 3.63) is 35.9 Å². The molecule has 11 heteroatoms. The molecule has 188 valence electrons. The molecule has 1 aliphatic rings. The van der Waals surface area contributed by atoms with Crippen LogP contribution in [0.5, 0.6) is 0 Å². The minimum absolute atomic E-state index is 0.288. The number of carbonyl (C=O) groups is 3. The van der Waals surface area contributed by atoms with E-state index >= 15 is 0 Å². The molecule has 0 spiro atoms. The molecule has 34 heavy (non-hydrogen) atoms. The van der Waals surface area contributed by atoms with Gasteiger partial charge in [-0.3, -0.25) is 9.59 Å². The summed E-state index contributed by atoms with van der Waals surface area (Å²) in [6.45, 7) is 6.67. The summed E-state index contributed by atoms with van der Waals surface area (Å²) in [7, 11) is -1.79. The van der Waals surface area contributed by atoms with Gasteiger partial charge in [-0.15, -0.1) is 0 Å². The van der Waals surface area contributed by atoms with Crippen LogP contribution in [-0.2, 0) is 25.5 Å². The van der Waals surface area contributed by atoms with E-state index in [0.29, 0.717) is 45.6 Å². The maximum absolute atomic E-state index is 13.0. The summed E-state index contributed by atoms with van der Waals surface area (Å²) in [6.07, 6.45) is 0.476. The van der Waals surface area contributed by atoms with E-state index in [2.05, 4.69) is 10.6 Å². The molecule has 1 saturated heterocycles.